The quantitative estimate of drug-likeness (QED) is 0.147. The summed E-state index contributed by atoms with van der Waals surface area (Å²) in [7, 11) is 2.01. The molecule has 0 amide bonds. The van der Waals surface area contributed by atoms with Crippen LogP contribution in [0.4, 0.5) is 5.69 Å². The van der Waals surface area contributed by atoms with Gasteiger partial charge in [-0.15, -0.1) is 47.0 Å². The van der Waals surface area contributed by atoms with E-state index in [2.05, 4.69) is 180 Å². The van der Waals surface area contributed by atoms with Crippen LogP contribution in [-0.4, -0.2) is 36.5 Å². The number of pyridine rings is 1. The molecule has 5 aromatic carbocycles. The molecule has 61 heavy (non-hydrogen) atoms. The van der Waals surface area contributed by atoms with Gasteiger partial charge in [0.25, 0.3) is 0 Å². The predicted molar refractivity (Wildman–Crippen MR) is 243 cm³/mol. The van der Waals surface area contributed by atoms with Gasteiger partial charge >= 0.3 is 0 Å². The summed E-state index contributed by atoms with van der Waals surface area (Å²) >= 11 is 0. The number of hydrogen-bond acceptors (Lipinski definition) is 7. The zero-order valence-corrected chi connectivity index (χ0v) is 38.3. The second-order valence-corrected chi connectivity index (χ2v) is 17.8. The fourth-order valence-corrected chi connectivity index (χ4v) is 7.43. The fraction of sp³-hybridized carbons (Fsp3) is 0.212. The molecule has 0 spiro atoms. The van der Waals surface area contributed by atoms with Crippen molar-refractivity contribution in [1.29, 1.82) is 0 Å². The summed E-state index contributed by atoms with van der Waals surface area (Å²) in [5.41, 5.74) is 9.49. The molecule has 0 unspecified atom stereocenters. The number of aromatic nitrogens is 5. The van der Waals surface area contributed by atoms with Crippen LogP contribution in [0.15, 0.2) is 122 Å². The van der Waals surface area contributed by atoms with Crippen molar-refractivity contribution in [2.24, 2.45) is 0 Å². The van der Waals surface area contributed by atoms with Crippen LogP contribution in [0.5, 0.6) is 11.5 Å². The molecule has 310 valence electrons. The molecule has 9 rings (SSSR count). The normalized spacial score (nSPS) is 13.0. The van der Waals surface area contributed by atoms with Gasteiger partial charge in [0.15, 0.2) is 11.6 Å². The Balaban J connectivity index is 0.00000514. The van der Waals surface area contributed by atoms with Crippen molar-refractivity contribution < 1.29 is 25.8 Å². The van der Waals surface area contributed by atoms with Crippen LogP contribution < -0.4 is 9.64 Å². The van der Waals surface area contributed by atoms with Gasteiger partial charge in [-0.3, -0.25) is 0 Å². The van der Waals surface area contributed by atoms with Gasteiger partial charge in [0.1, 0.15) is 11.6 Å². The van der Waals surface area contributed by atoms with Gasteiger partial charge in [0.2, 0.25) is 0 Å². The Morgan fingerprint density at radius 3 is 1.87 bits per heavy atom. The minimum atomic E-state index is -0.177. The summed E-state index contributed by atoms with van der Waals surface area (Å²) in [6.07, 6.45) is 5.92. The van der Waals surface area contributed by atoms with E-state index in [1.807, 2.05) is 37.2 Å². The molecule has 9 heteroatoms. The van der Waals surface area contributed by atoms with Gasteiger partial charge in [-0.2, -0.15) is 6.67 Å². The minimum absolute atomic E-state index is 0. The summed E-state index contributed by atoms with van der Waals surface area (Å²) in [6.45, 7) is 19.4. The summed E-state index contributed by atoms with van der Waals surface area (Å²) in [6, 6.07) is 43.0. The summed E-state index contributed by atoms with van der Waals surface area (Å²) in [4.78, 5) is 24.5. The summed E-state index contributed by atoms with van der Waals surface area (Å²) < 4.78 is 9.28. The van der Waals surface area contributed by atoms with E-state index in [4.69, 9.17) is 24.7 Å². The van der Waals surface area contributed by atoms with Crippen LogP contribution in [0.25, 0.3) is 61.8 Å². The molecule has 3 aromatic heterocycles. The number of hydrogen-bond donors (Lipinski definition) is 0. The second-order valence-electron chi connectivity index (χ2n) is 17.8. The molecule has 8 nitrogen and oxygen atoms in total. The molecule has 0 radical (unpaired) electrons. The molecule has 1 aliphatic heterocycles. The van der Waals surface area contributed by atoms with E-state index >= 15 is 0 Å². The fourth-order valence-electron chi connectivity index (χ4n) is 7.43. The van der Waals surface area contributed by atoms with Crippen molar-refractivity contribution in [1.82, 2.24) is 29.4 Å². The third-order valence-electron chi connectivity index (χ3n) is 11.0. The smallest absolute Gasteiger partial charge is 0.162 e. The molecule has 0 bridgehead atoms. The van der Waals surface area contributed by atoms with E-state index < -0.39 is 0 Å². The number of benzene rings is 5. The molecule has 1 aliphatic rings. The van der Waals surface area contributed by atoms with Crippen molar-refractivity contribution in [3.8, 4) is 51.5 Å². The van der Waals surface area contributed by atoms with Crippen molar-refractivity contribution in [3.63, 3.8) is 0 Å². The topological polar surface area (TPSA) is 72.2 Å². The molecule has 0 saturated carbocycles. The van der Waals surface area contributed by atoms with Crippen LogP contribution in [0.3, 0.4) is 0 Å². The molecule has 0 saturated heterocycles. The molecule has 0 aliphatic carbocycles. The van der Waals surface area contributed by atoms with E-state index in [-0.39, 0.29) is 31.9 Å². The molecule has 8 aromatic rings. The summed E-state index contributed by atoms with van der Waals surface area (Å²) in [5, 5.41) is 2.02. The maximum absolute atomic E-state index is 7.10. The average molecular weight is 982 g/mol. The summed E-state index contributed by atoms with van der Waals surface area (Å²) in [5.74, 6) is 3.41. The Hall–Kier alpha value is -6.11. The van der Waals surface area contributed by atoms with Crippen molar-refractivity contribution >= 4 is 27.5 Å². The van der Waals surface area contributed by atoms with Gasteiger partial charge in [-0.25, -0.2) is 19.9 Å². The first kappa shape index (κ1) is 41.6. The maximum Gasteiger partial charge on any atom is 0.162 e. The molecule has 0 N–H and O–H groups in total. The van der Waals surface area contributed by atoms with Gasteiger partial charge in [-0.1, -0.05) is 125 Å². The van der Waals surface area contributed by atoms with E-state index in [0.717, 1.165) is 61.1 Å². The van der Waals surface area contributed by atoms with E-state index in [0.29, 0.717) is 34.5 Å². The van der Waals surface area contributed by atoms with Crippen LogP contribution in [0, 0.1) is 32.6 Å². The first-order chi connectivity index (χ1) is 28.7. The third-order valence-corrected chi connectivity index (χ3v) is 11.0. The Morgan fingerprint density at radius 2 is 1.26 bits per heavy atom. The predicted octanol–water partition coefficient (Wildman–Crippen LogP) is 12.3. The molecular weight excluding hydrogens is 934 g/mol. The van der Waals surface area contributed by atoms with Gasteiger partial charge in [0, 0.05) is 55.4 Å². The minimum Gasteiger partial charge on any atom is -0.510 e. The molecule has 4 heterocycles. The SMILES string of the molecule is Cc1ccc(-c2nc(-c3ccc(C)cc3)nc(-c3cc4c5ccccc5n(-c5cc(C(C)(C)C)ccn5)c4[c-]c3Oc3[c-]c(N4C=CN(C)[CH-]4)cc(C(C)(C)C)c3)n2)cc1.[Pt]. The van der Waals surface area contributed by atoms with Gasteiger partial charge in [0.05, 0.1) is 0 Å². The number of rotatable bonds is 7. The van der Waals surface area contributed by atoms with Crippen LogP contribution >= 0.6 is 0 Å². The first-order valence-corrected chi connectivity index (χ1v) is 20.3. The Kier molecular flexibility index (Phi) is 11.0. The van der Waals surface area contributed by atoms with Crippen molar-refractivity contribution in [2.75, 3.05) is 11.9 Å². The Labute approximate surface area is 373 Å². The van der Waals surface area contributed by atoms with E-state index in [9.17, 15) is 0 Å². The number of ether oxygens (including phenoxy) is 1. The average Bonchev–Trinajstić information content (AvgIpc) is 3.81. The first-order valence-electron chi connectivity index (χ1n) is 20.3. The largest absolute Gasteiger partial charge is 0.510 e. The molecule has 0 fully saturated rings. The van der Waals surface area contributed by atoms with Crippen LogP contribution in [0.1, 0.15) is 63.8 Å². The van der Waals surface area contributed by atoms with Crippen LogP contribution in [0.2, 0.25) is 0 Å². The second kappa shape index (κ2) is 16.1. The third kappa shape index (κ3) is 8.34. The zero-order chi connectivity index (χ0) is 41.9. The number of anilines is 1. The number of para-hydroxylation sites is 1. The Bertz CT molecular complexity index is 2870. The van der Waals surface area contributed by atoms with Crippen molar-refractivity contribution in [3.05, 3.63) is 163 Å². The zero-order valence-electron chi connectivity index (χ0n) is 36.0. The number of nitrogens with zero attached hydrogens (tertiary/aromatic N) is 7. The standard InChI is InChI=1S/C52H48N7O.Pt/c1-33-14-18-35(19-15-33)48-54-49(36-20-16-34(2)17-21-36)56-50(55-48)43-30-42-41-12-10-11-13-44(41)59(47-28-37(22-23-53-47)51(3,4)5)45(42)31-46(43)60-40-27-38(52(6,7)8)26-39(29-40)58-25-24-57(9)32-58;/h10-28,30,32H,1-9H3;/q-3;. The monoisotopic (exact) mass is 981 g/mol. The number of fused-ring (bicyclic) bond motifs is 3. The van der Waals surface area contributed by atoms with E-state index in [1.54, 1.807) is 0 Å². The number of aryl methyl sites for hydroxylation is 2. The van der Waals surface area contributed by atoms with Crippen LogP contribution in [-0.2, 0) is 31.9 Å². The van der Waals surface area contributed by atoms with Crippen molar-refractivity contribution in [2.45, 2.75) is 66.2 Å². The van der Waals surface area contributed by atoms with Gasteiger partial charge < -0.3 is 19.1 Å². The Morgan fingerprint density at radius 1 is 0.639 bits per heavy atom. The maximum atomic E-state index is 7.10. The van der Waals surface area contributed by atoms with E-state index in [1.165, 1.54) is 5.56 Å². The molecule has 0 atom stereocenters. The van der Waals surface area contributed by atoms with Gasteiger partial charge in [-0.05, 0) is 78.8 Å². The molecular formula is C52H48N7OPt-3.